The molecule has 0 unspecified atom stereocenters. The van der Waals surface area contributed by atoms with Gasteiger partial charge in [0.25, 0.3) is 5.22 Å². The number of anilines is 1. The molecule has 3 aromatic rings. The molecule has 0 radical (unpaired) electrons. The molecule has 1 heterocycles. The van der Waals surface area contributed by atoms with Crippen molar-refractivity contribution < 1.29 is 9.21 Å². The predicted octanol–water partition coefficient (Wildman–Crippen LogP) is 4.75. The predicted molar refractivity (Wildman–Crippen MR) is 103 cm³/mol. The van der Waals surface area contributed by atoms with Gasteiger partial charge in [0, 0.05) is 10.2 Å². The second-order valence-corrected chi connectivity index (χ2v) is 7.18. The van der Waals surface area contributed by atoms with E-state index in [-0.39, 0.29) is 16.7 Å². The van der Waals surface area contributed by atoms with Gasteiger partial charge in [0.2, 0.25) is 11.8 Å². The molecule has 6 nitrogen and oxygen atoms in total. The van der Waals surface area contributed by atoms with Crippen LogP contribution in [-0.4, -0.2) is 21.9 Å². The van der Waals surface area contributed by atoms with Crippen LogP contribution < -0.4 is 5.32 Å². The highest BCUT2D eigenvalue weighted by molar-refractivity contribution is 9.10. The van der Waals surface area contributed by atoms with Crippen LogP contribution >= 0.6 is 39.3 Å². The fourth-order valence-electron chi connectivity index (χ4n) is 2.02. The highest BCUT2D eigenvalue weighted by Gasteiger charge is 2.13. The molecule has 2 aromatic carbocycles. The summed E-state index contributed by atoms with van der Waals surface area (Å²) in [6.45, 7) is 0. The summed E-state index contributed by atoms with van der Waals surface area (Å²) in [6.07, 6.45) is 0. The zero-order valence-electron chi connectivity index (χ0n) is 13.1. The molecule has 1 amide bonds. The summed E-state index contributed by atoms with van der Waals surface area (Å²) in [6, 6.07) is 14.1. The molecule has 0 spiro atoms. The fourth-order valence-corrected chi connectivity index (χ4v) is 3.26. The Balaban J connectivity index is 1.59. The Labute approximate surface area is 166 Å². The summed E-state index contributed by atoms with van der Waals surface area (Å²) in [4.78, 5) is 12.0. The number of carbonyl (C=O) groups excluding carboxylic acids is 1. The number of halogens is 2. The SMILES string of the molecule is N#Cc1ccc(NC(=O)CSc2nnc(-c3ccccc3Br)o2)cc1Cl. The maximum absolute atomic E-state index is 12.0. The van der Waals surface area contributed by atoms with Gasteiger partial charge < -0.3 is 9.73 Å². The number of amides is 1. The number of aromatic nitrogens is 2. The zero-order chi connectivity index (χ0) is 18.5. The number of thioether (sulfide) groups is 1. The standard InChI is InChI=1S/C17H10BrClN4O2S/c18-13-4-2-1-3-12(13)16-22-23-17(25-16)26-9-15(24)21-11-6-5-10(8-20)14(19)7-11/h1-7H,9H2,(H,21,24). The van der Waals surface area contributed by atoms with Crippen LogP contribution in [0.15, 0.2) is 56.6 Å². The Morgan fingerprint density at radius 1 is 1.31 bits per heavy atom. The highest BCUT2D eigenvalue weighted by atomic mass is 79.9. The van der Waals surface area contributed by atoms with Gasteiger partial charge in [0.1, 0.15) is 6.07 Å². The lowest BCUT2D eigenvalue weighted by molar-refractivity contribution is -0.113. The number of hydrogen-bond donors (Lipinski definition) is 1. The molecule has 0 aliphatic carbocycles. The third-order valence-electron chi connectivity index (χ3n) is 3.21. The minimum atomic E-state index is -0.253. The van der Waals surface area contributed by atoms with E-state index in [1.54, 1.807) is 12.1 Å². The summed E-state index contributed by atoms with van der Waals surface area (Å²) in [5, 5.41) is 20.1. The van der Waals surface area contributed by atoms with E-state index in [4.69, 9.17) is 21.3 Å². The van der Waals surface area contributed by atoms with Gasteiger partial charge in [-0.25, -0.2) is 0 Å². The lowest BCUT2D eigenvalue weighted by Gasteiger charge is -2.05. The molecule has 26 heavy (non-hydrogen) atoms. The van der Waals surface area contributed by atoms with Crippen molar-refractivity contribution in [2.24, 2.45) is 0 Å². The lowest BCUT2D eigenvalue weighted by atomic mass is 10.2. The van der Waals surface area contributed by atoms with Crippen LogP contribution in [0.25, 0.3) is 11.5 Å². The van der Waals surface area contributed by atoms with Crippen LogP contribution in [0.4, 0.5) is 5.69 Å². The molecule has 0 aliphatic rings. The number of rotatable bonds is 5. The maximum Gasteiger partial charge on any atom is 0.277 e. The summed E-state index contributed by atoms with van der Waals surface area (Å²) >= 11 is 10.5. The van der Waals surface area contributed by atoms with Gasteiger partial charge >= 0.3 is 0 Å². The molecule has 0 fully saturated rings. The van der Waals surface area contributed by atoms with Crippen molar-refractivity contribution in [2.45, 2.75) is 5.22 Å². The second kappa shape index (κ2) is 8.36. The molecular weight excluding hydrogens is 440 g/mol. The van der Waals surface area contributed by atoms with Gasteiger partial charge in [0.05, 0.1) is 21.9 Å². The molecule has 0 saturated heterocycles. The number of nitriles is 1. The number of benzene rings is 2. The lowest BCUT2D eigenvalue weighted by Crippen LogP contribution is -2.14. The van der Waals surface area contributed by atoms with Crippen LogP contribution in [0.2, 0.25) is 5.02 Å². The Kier molecular flexibility index (Phi) is 5.93. The molecule has 130 valence electrons. The number of nitrogens with one attached hydrogen (secondary N) is 1. The zero-order valence-corrected chi connectivity index (χ0v) is 16.2. The van der Waals surface area contributed by atoms with E-state index in [9.17, 15) is 4.79 Å². The summed E-state index contributed by atoms with van der Waals surface area (Å²) in [5.74, 6) is 0.213. The van der Waals surface area contributed by atoms with E-state index in [2.05, 4.69) is 31.4 Å². The summed E-state index contributed by atoms with van der Waals surface area (Å²) in [7, 11) is 0. The maximum atomic E-state index is 12.0. The Morgan fingerprint density at radius 2 is 2.12 bits per heavy atom. The smallest absolute Gasteiger partial charge is 0.277 e. The molecule has 3 rings (SSSR count). The van der Waals surface area contributed by atoms with E-state index >= 15 is 0 Å². The van der Waals surface area contributed by atoms with Crippen molar-refractivity contribution in [3.05, 3.63) is 57.5 Å². The average Bonchev–Trinajstić information content (AvgIpc) is 3.09. The molecule has 0 bridgehead atoms. The van der Waals surface area contributed by atoms with Gasteiger partial charge in [-0.05, 0) is 46.3 Å². The first-order valence-electron chi connectivity index (χ1n) is 7.27. The van der Waals surface area contributed by atoms with Crippen LogP contribution in [0.1, 0.15) is 5.56 Å². The van der Waals surface area contributed by atoms with E-state index in [1.807, 2.05) is 30.3 Å². The first-order valence-corrected chi connectivity index (χ1v) is 9.43. The number of nitrogens with zero attached hydrogens (tertiary/aromatic N) is 3. The Hall–Kier alpha value is -2.34. The van der Waals surface area contributed by atoms with Crippen molar-refractivity contribution >= 4 is 50.9 Å². The van der Waals surface area contributed by atoms with Gasteiger partial charge in [-0.3, -0.25) is 4.79 Å². The van der Waals surface area contributed by atoms with Crippen LogP contribution in [0, 0.1) is 11.3 Å². The summed E-state index contributed by atoms with van der Waals surface area (Å²) < 4.78 is 6.42. The molecule has 1 aromatic heterocycles. The second-order valence-electron chi connectivity index (χ2n) is 5.00. The fraction of sp³-hybridized carbons (Fsp3) is 0.0588. The monoisotopic (exact) mass is 448 g/mol. The Morgan fingerprint density at radius 3 is 2.85 bits per heavy atom. The summed E-state index contributed by atoms with van der Waals surface area (Å²) in [5.41, 5.74) is 1.65. The molecule has 0 atom stereocenters. The quantitative estimate of drug-likeness (QED) is 0.565. The van der Waals surface area contributed by atoms with Crippen LogP contribution in [-0.2, 0) is 4.79 Å². The van der Waals surface area contributed by atoms with Gasteiger partial charge in [-0.2, -0.15) is 5.26 Å². The first-order chi connectivity index (χ1) is 12.6. The van der Waals surface area contributed by atoms with Gasteiger partial charge in [0.15, 0.2) is 0 Å². The number of carbonyl (C=O) groups is 1. The van der Waals surface area contributed by atoms with Gasteiger partial charge in [-0.1, -0.05) is 35.5 Å². The normalized spacial score (nSPS) is 10.3. The van der Waals surface area contributed by atoms with E-state index < -0.39 is 0 Å². The van der Waals surface area contributed by atoms with Crippen molar-refractivity contribution in [3.63, 3.8) is 0 Å². The van der Waals surface area contributed by atoms with Gasteiger partial charge in [-0.15, -0.1) is 10.2 Å². The van der Waals surface area contributed by atoms with E-state index in [0.717, 1.165) is 21.8 Å². The van der Waals surface area contributed by atoms with Crippen molar-refractivity contribution in [3.8, 4) is 17.5 Å². The van der Waals surface area contributed by atoms with Crippen molar-refractivity contribution in [2.75, 3.05) is 11.1 Å². The highest BCUT2D eigenvalue weighted by Crippen LogP contribution is 2.29. The Bertz CT molecular complexity index is 1000. The largest absolute Gasteiger partial charge is 0.411 e. The van der Waals surface area contributed by atoms with E-state index in [0.29, 0.717) is 22.4 Å². The van der Waals surface area contributed by atoms with Crippen molar-refractivity contribution in [1.29, 1.82) is 5.26 Å². The minimum Gasteiger partial charge on any atom is -0.411 e. The third-order valence-corrected chi connectivity index (χ3v) is 5.03. The molecular formula is C17H10BrClN4O2S. The van der Waals surface area contributed by atoms with Crippen molar-refractivity contribution in [1.82, 2.24) is 10.2 Å². The minimum absolute atomic E-state index is 0.0925. The number of hydrogen-bond acceptors (Lipinski definition) is 6. The molecule has 0 aliphatic heterocycles. The topological polar surface area (TPSA) is 91.8 Å². The molecule has 0 saturated carbocycles. The molecule has 9 heteroatoms. The van der Waals surface area contributed by atoms with Crippen LogP contribution in [0.5, 0.6) is 0 Å². The average molecular weight is 450 g/mol. The third kappa shape index (κ3) is 4.43. The first kappa shape index (κ1) is 18.5. The van der Waals surface area contributed by atoms with Crippen LogP contribution in [0.3, 0.4) is 0 Å². The van der Waals surface area contributed by atoms with E-state index in [1.165, 1.54) is 6.07 Å². The molecule has 1 N–H and O–H groups in total.